The molecule has 0 aliphatic heterocycles. The average molecular weight is 459 g/mol. The van der Waals surface area contributed by atoms with E-state index in [0.717, 1.165) is 19.3 Å². The highest BCUT2D eigenvalue weighted by atomic mass is 31.2. The van der Waals surface area contributed by atoms with Crippen LogP contribution in [0.1, 0.15) is 84.0 Å². The first-order valence-corrected chi connectivity index (χ1v) is 13.5. The number of unbranched alkanes of at least 4 members (excludes halogenated alkanes) is 11. The van der Waals surface area contributed by atoms with Crippen LogP contribution < -0.4 is 5.73 Å². The fraction of sp³-hybridized carbons (Fsp3) is 0.889. The predicted octanol–water partition coefficient (Wildman–Crippen LogP) is 4.16. The van der Waals surface area contributed by atoms with E-state index in [1.54, 1.807) is 6.08 Å². The second-order valence-corrected chi connectivity index (χ2v) is 9.69. The Morgan fingerprint density at radius 1 is 0.828 bits per heavy atom. The lowest BCUT2D eigenvalue weighted by Gasteiger charge is -2.21. The maximum Gasteiger partial charge on any atom is 0.470 e. The van der Waals surface area contributed by atoms with E-state index in [9.17, 15) is 9.13 Å². The van der Waals surface area contributed by atoms with Gasteiger partial charge < -0.3 is 25.3 Å². The minimum atomic E-state index is -4.81. The second kappa shape index (κ2) is 16.6. The van der Waals surface area contributed by atoms with Crippen LogP contribution in [0.3, 0.4) is 0 Å². The lowest BCUT2D eigenvalue weighted by molar-refractivity contribution is 0.112. The molecule has 0 aliphatic rings. The highest BCUT2D eigenvalue weighted by Crippen LogP contribution is 2.39. The number of nitrogens with two attached hydrogens (primary N) is 1. The van der Waals surface area contributed by atoms with E-state index < -0.39 is 34.4 Å². The molecule has 9 nitrogen and oxygen atoms in total. The van der Waals surface area contributed by atoms with Gasteiger partial charge in [-0.15, -0.1) is 0 Å². The van der Waals surface area contributed by atoms with Gasteiger partial charge in [-0.3, -0.25) is 9.05 Å². The van der Waals surface area contributed by atoms with Crippen molar-refractivity contribution < 1.29 is 37.8 Å². The van der Waals surface area contributed by atoms with Crippen molar-refractivity contribution in [3.8, 4) is 0 Å². The van der Waals surface area contributed by atoms with Gasteiger partial charge in [0.2, 0.25) is 0 Å². The molecule has 0 fully saturated rings. The van der Waals surface area contributed by atoms with Crippen molar-refractivity contribution in [2.75, 3.05) is 6.61 Å². The smallest absolute Gasteiger partial charge is 0.323 e. The van der Waals surface area contributed by atoms with Crippen molar-refractivity contribution in [2.24, 2.45) is 5.73 Å². The van der Waals surface area contributed by atoms with E-state index >= 15 is 0 Å². The monoisotopic (exact) mass is 459 g/mol. The molecule has 2 atom stereocenters. The number of hydrogen-bond donors (Lipinski definition) is 5. The summed E-state index contributed by atoms with van der Waals surface area (Å²) in [6.45, 7) is 1.62. The van der Waals surface area contributed by atoms with Crippen LogP contribution in [0.25, 0.3) is 0 Å². The topological polar surface area (TPSA) is 160 Å². The van der Waals surface area contributed by atoms with Crippen LogP contribution >= 0.6 is 15.6 Å². The summed E-state index contributed by atoms with van der Waals surface area (Å²) in [5.41, 5.74) is 5.69. The van der Waals surface area contributed by atoms with Gasteiger partial charge in [0.1, 0.15) is 6.10 Å². The molecule has 0 aliphatic carbocycles. The van der Waals surface area contributed by atoms with Crippen molar-refractivity contribution in [3.05, 3.63) is 12.2 Å². The highest BCUT2D eigenvalue weighted by Gasteiger charge is 2.27. The molecule has 0 heterocycles. The Morgan fingerprint density at radius 2 is 1.31 bits per heavy atom. The molecular weight excluding hydrogens is 420 g/mol. The maximum absolute atomic E-state index is 11.1. The zero-order valence-corrected chi connectivity index (χ0v) is 19.2. The fourth-order valence-corrected chi connectivity index (χ4v) is 3.76. The van der Waals surface area contributed by atoms with Crippen LogP contribution in [0.4, 0.5) is 0 Å². The summed E-state index contributed by atoms with van der Waals surface area (Å²) >= 11 is 0. The molecule has 0 amide bonds. The largest absolute Gasteiger partial charge is 0.470 e. The Balaban J connectivity index is 4.02. The van der Waals surface area contributed by atoms with Gasteiger partial charge in [-0.05, 0) is 12.8 Å². The van der Waals surface area contributed by atoms with E-state index in [0.29, 0.717) is 6.42 Å². The van der Waals surface area contributed by atoms with Gasteiger partial charge in [0.25, 0.3) is 0 Å². The van der Waals surface area contributed by atoms with Crippen molar-refractivity contribution in [3.63, 3.8) is 0 Å². The summed E-state index contributed by atoms with van der Waals surface area (Å²) in [5.74, 6) is 0. The lowest BCUT2D eigenvalue weighted by Crippen LogP contribution is -2.38. The highest BCUT2D eigenvalue weighted by molar-refractivity contribution is 7.46. The molecule has 6 N–H and O–H groups in total. The summed E-state index contributed by atoms with van der Waals surface area (Å²) in [7, 11) is -9.53. The average Bonchev–Trinajstić information content (AvgIpc) is 2.61. The number of allylic oxidation sites excluding steroid dienone is 1. The molecule has 0 aromatic carbocycles. The minimum Gasteiger partial charge on any atom is -0.323 e. The number of rotatable bonds is 19. The number of phosphoric ester groups is 2. The van der Waals surface area contributed by atoms with Crippen LogP contribution in [0.5, 0.6) is 0 Å². The number of phosphoric acid groups is 2. The summed E-state index contributed by atoms with van der Waals surface area (Å²) in [4.78, 5) is 35.3. The van der Waals surface area contributed by atoms with Gasteiger partial charge in [-0.25, -0.2) is 9.13 Å². The van der Waals surface area contributed by atoms with Crippen LogP contribution in [-0.2, 0) is 18.2 Å². The Kier molecular flexibility index (Phi) is 16.5. The molecule has 0 radical (unpaired) electrons. The fourth-order valence-electron chi connectivity index (χ4n) is 2.85. The Morgan fingerprint density at radius 3 is 1.76 bits per heavy atom. The van der Waals surface area contributed by atoms with Crippen molar-refractivity contribution in [1.82, 2.24) is 0 Å². The molecule has 0 bridgehead atoms. The minimum absolute atomic E-state index is 0.599. The quantitative estimate of drug-likeness (QED) is 0.109. The third-order valence-electron chi connectivity index (χ3n) is 4.42. The molecule has 0 aromatic rings. The second-order valence-electron chi connectivity index (χ2n) is 7.26. The molecule has 0 saturated carbocycles. The molecule has 29 heavy (non-hydrogen) atoms. The summed E-state index contributed by atoms with van der Waals surface area (Å²) < 4.78 is 30.7. The Bertz CT molecular complexity index is 520. The van der Waals surface area contributed by atoms with Gasteiger partial charge in [-0.2, -0.15) is 0 Å². The van der Waals surface area contributed by atoms with E-state index in [4.69, 9.17) is 25.3 Å². The standard InChI is InChI=1S/C18H39NO8P2/c1-2-3-4-5-6-7-8-9-10-11-12-13-14-15-18(27-29(23,24)25)17(19)16-26-28(20,21)22/h14-15,17-18H,2-13,16,19H2,1H3,(H2,20,21,22)(H2,23,24,25)/b15-14+/t17-,18+/m0/s1. The van der Waals surface area contributed by atoms with E-state index in [-0.39, 0.29) is 0 Å². The molecule has 174 valence electrons. The first-order valence-electron chi connectivity index (χ1n) is 10.4. The van der Waals surface area contributed by atoms with E-state index in [2.05, 4.69) is 16.0 Å². The van der Waals surface area contributed by atoms with Crippen LogP contribution in [0.15, 0.2) is 12.2 Å². The van der Waals surface area contributed by atoms with Crippen molar-refractivity contribution in [1.29, 1.82) is 0 Å². The molecule has 0 aromatic heterocycles. The van der Waals surface area contributed by atoms with Crippen molar-refractivity contribution >= 4 is 15.6 Å². The van der Waals surface area contributed by atoms with E-state index in [1.807, 2.05) is 0 Å². The predicted molar refractivity (Wildman–Crippen MR) is 113 cm³/mol. The Labute approximate surface area is 174 Å². The Hall–Kier alpha value is -0.0800. The molecule has 11 heteroatoms. The first-order chi connectivity index (χ1) is 13.5. The SMILES string of the molecule is CCCCCCCCCCCCC/C=C/[C@@H](OP(=O)(O)O)[C@@H](N)COP(=O)(O)O. The van der Waals surface area contributed by atoms with E-state index in [1.165, 1.54) is 57.4 Å². The van der Waals surface area contributed by atoms with Crippen LogP contribution in [-0.4, -0.2) is 38.3 Å². The zero-order valence-electron chi connectivity index (χ0n) is 17.4. The third kappa shape index (κ3) is 21.0. The summed E-state index contributed by atoms with van der Waals surface area (Å²) in [6, 6.07) is -1.14. The molecule has 0 saturated heterocycles. The van der Waals surface area contributed by atoms with Crippen LogP contribution in [0, 0.1) is 0 Å². The summed E-state index contributed by atoms with van der Waals surface area (Å²) in [6.07, 6.45) is 16.1. The van der Waals surface area contributed by atoms with Gasteiger partial charge in [0, 0.05) is 0 Å². The zero-order chi connectivity index (χ0) is 22.2. The van der Waals surface area contributed by atoms with Gasteiger partial charge in [0.15, 0.2) is 0 Å². The molecular formula is C18H39NO8P2. The lowest BCUT2D eigenvalue weighted by atomic mass is 10.0. The number of hydrogen-bond acceptors (Lipinski definition) is 5. The van der Waals surface area contributed by atoms with Crippen molar-refractivity contribution in [2.45, 2.75) is 96.1 Å². The van der Waals surface area contributed by atoms with Crippen LogP contribution in [0.2, 0.25) is 0 Å². The normalized spacial score (nSPS) is 15.1. The summed E-state index contributed by atoms with van der Waals surface area (Å²) in [5, 5.41) is 0. The van der Waals surface area contributed by atoms with Gasteiger partial charge in [0.05, 0.1) is 12.6 Å². The van der Waals surface area contributed by atoms with Gasteiger partial charge in [-0.1, -0.05) is 83.3 Å². The molecule has 0 rings (SSSR count). The molecule has 0 unspecified atom stereocenters. The third-order valence-corrected chi connectivity index (χ3v) is 5.42. The maximum atomic E-state index is 11.1. The van der Waals surface area contributed by atoms with Gasteiger partial charge >= 0.3 is 15.6 Å². The first kappa shape index (κ1) is 28.9. The molecule has 0 spiro atoms.